The normalized spacial score (nSPS) is 15.5. The van der Waals surface area contributed by atoms with Gasteiger partial charge in [0.25, 0.3) is 5.91 Å². The molecule has 0 unspecified atom stereocenters. The molecule has 2 heterocycles. The molecular weight excluding hydrogens is 376 g/mol. The van der Waals surface area contributed by atoms with Crippen LogP contribution in [0.1, 0.15) is 54.0 Å². The number of carbonyl (C=O) groups is 1. The molecule has 1 aromatic heterocycles. The van der Waals surface area contributed by atoms with Crippen molar-refractivity contribution in [1.82, 2.24) is 9.88 Å². The van der Waals surface area contributed by atoms with Gasteiger partial charge in [0, 0.05) is 23.4 Å². The molecule has 1 fully saturated rings. The van der Waals surface area contributed by atoms with Crippen LogP contribution in [0.15, 0.2) is 27.4 Å². The number of thiazole rings is 1. The lowest BCUT2D eigenvalue weighted by Crippen LogP contribution is -2.58. The monoisotopic (exact) mass is 404 g/mol. The molecule has 0 aliphatic carbocycles. The lowest BCUT2D eigenvalue weighted by atomic mass is 9.73. The number of benzene rings is 1. The number of aryl methyl sites for hydroxylation is 2. The van der Waals surface area contributed by atoms with Gasteiger partial charge in [0.2, 0.25) is 0 Å². The Morgan fingerprint density at radius 1 is 1.33 bits per heavy atom. The van der Waals surface area contributed by atoms with Gasteiger partial charge < -0.3 is 9.64 Å². The fourth-order valence-electron chi connectivity index (χ4n) is 3.77. The summed E-state index contributed by atoms with van der Waals surface area (Å²) in [6.07, 6.45) is 5.37. The summed E-state index contributed by atoms with van der Waals surface area (Å²) in [6.45, 7) is 10.2. The number of hydrogen-bond acceptors (Lipinski definition) is 5. The van der Waals surface area contributed by atoms with Gasteiger partial charge >= 0.3 is 0 Å². The molecule has 0 atom stereocenters. The van der Waals surface area contributed by atoms with Gasteiger partial charge in [-0.15, -0.1) is 11.3 Å². The first-order valence-corrected chi connectivity index (χ1v) is 11.1. The van der Waals surface area contributed by atoms with Crippen LogP contribution in [-0.4, -0.2) is 36.0 Å². The van der Waals surface area contributed by atoms with Gasteiger partial charge in [-0.3, -0.25) is 4.79 Å². The number of rotatable bonds is 7. The van der Waals surface area contributed by atoms with Gasteiger partial charge in [-0.1, -0.05) is 32.0 Å². The van der Waals surface area contributed by atoms with Gasteiger partial charge in [0.1, 0.15) is 5.75 Å². The largest absolute Gasteiger partial charge is 0.496 e. The predicted molar refractivity (Wildman–Crippen MR) is 112 cm³/mol. The minimum Gasteiger partial charge on any atom is -0.496 e. The summed E-state index contributed by atoms with van der Waals surface area (Å²) in [5, 5.41) is 1.05. The van der Waals surface area contributed by atoms with Crippen molar-refractivity contribution < 1.29 is 9.53 Å². The van der Waals surface area contributed by atoms with Gasteiger partial charge in [-0.2, -0.15) is 0 Å². The van der Waals surface area contributed by atoms with Gasteiger partial charge in [0.05, 0.1) is 28.1 Å². The Hall–Kier alpha value is -1.53. The Morgan fingerprint density at radius 2 is 2.07 bits per heavy atom. The van der Waals surface area contributed by atoms with Crippen molar-refractivity contribution in [3.05, 3.63) is 34.5 Å². The molecule has 0 N–H and O–H groups in total. The molecule has 0 bridgehead atoms. The number of ether oxygens (including phenoxy) is 1. The average Bonchev–Trinajstić information content (AvgIpc) is 3.03. The van der Waals surface area contributed by atoms with Crippen LogP contribution >= 0.6 is 23.1 Å². The van der Waals surface area contributed by atoms with Crippen molar-refractivity contribution in [1.29, 1.82) is 0 Å². The minimum atomic E-state index is 0.0781. The highest BCUT2D eigenvalue weighted by Crippen LogP contribution is 2.41. The second-order valence-corrected chi connectivity index (χ2v) is 9.96. The van der Waals surface area contributed by atoms with Crippen LogP contribution in [0.2, 0.25) is 0 Å². The van der Waals surface area contributed by atoms with Crippen LogP contribution in [0.3, 0.4) is 0 Å². The number of nitrogens with zero attached hydrogens (tertiary/aromatic N) is 2. The lowest BCUT2D eigenvalue weighted by Gasteiger charge is -2.50. The van der Waals surface area contributed by atoms with E-state index >= 15 is 0 Å². The summed E-state index contributed by atoms with van der Waals surface area (Å²) >= 11 is 3.34. The molecule has 1 aliphatic rings. The highest BCUT2D eigenvalue weighted by molar-refractivity contribution is 8.01. The Morgan fingerprint density at radius 3 is 2.63 bits per heavy atom. The molecular formula is C21H28N2O2S2. The number of methoxy groups -OCH3 is 1. The molecule has 2 aromatic rings. The number of likely N-dealkylation sites (tertiary alicyclic amines) is 1. The van der Waals surface area contributed by atoms with Gasteiger partial charge in [-0.05, 0) is 44.4 Å². The molecule has 3 rings (SSSR count). The topological polar surface area (TPSA) is 42.4 Å². The van der Waals surface area contributed by atoms with E-state index in [1.54, 1.807) is 30.2 Å². The van der Waals surface area contributed by atoms with Crippen molar-refractivity contribution in [3.63, 3.8) is 0 Å². The zero-order valence-corrected chi connectivity index (χ0v) is 18.4. The smallest absolute Gasteiger partial charge is 0.257 e. The summed E-state index contributed by atoms with van der Waals surface area (Å²) in [6, 6.07) is 3.96. The average molecular weight is 405 g/mol. The molecule has 146 valence electrons. The summed E-state index contributed by atoms with van der Waals surface area (Å²) in [7, 11) is 1.63. The zero-order chi connectivity index (χ0) is 19.6. The van der Waals surface area contributed by atoms with E-state index in [2.05, 4.69) is 25.8 Å². The maximum Gasteiger partial charge on any atom is 0.257 e. The van der Waals surface area contributed by atoms with Crippen molar-refractivity contribution in [2.45, 2.75) is 56.1 Å². The molecule has 1 aromatic carbocycles. The molecule has 1 amide bonds. The summed E-state index contributed by atoms with van der Waals surface area (Å²) in [5.74, 6) is 0.737. The first kappa shape index (κ1) is 20.2. The van der Waals surface area contributed by atoms with Crippen molar-refractivity contribution in [2.24, 2.45) is 5.41 Å². The summed E-state index contributed by atoms with van der Waals surface area (Å²) in [4.78, 5) is 20.5. The fraction of sp³-hybridized carbons (Fsp3) is 0.524. The first-order valence-electron chi connectivity index (χ1n) is 9.49. The second-order valence-electron chi connectivity index (χ2n) is 7.38. The molecule has 0 spiro atoms. The molecule has 1 aliphatic heterocycles. The van der Waals surface area contributed by atoms with Crippen LogP contribution in [-0.2, 0) is 0 Å². The van der Waals surface area contributed by atoms with Crippen LogP contribution < -0.4 is 4.74 Å². The third-order valence-electron chi connectivity index (χ3n) is 5.41. The summed E-state index contributed by atoms with van der Waals surface area (Å²) in [5.41, 5.74) is 2.07. The van der Waals surface area contributed by atoms with Gasteiger partial charge in [-0.25, -0.2) is 4.98 Å². The number of aromatic nitrogens is 1. The standard InChI is InChI=1S/C21H28N2O2S2/c1-6-8-21(7-2)12-23(13-21)20(24)16-10-18(14(3)9-17(16)25-5)27-19-11-22-15(4)26-19/h9-11H,6-8,12-13H2,1-5H3. The predicted octanol–water partition coefficient (Wildman–Crippen LogP) is 5.57. The van der Waals surface area contributed by atoms with E-state index in [1.165, 1.54) is 12.8 Å². The molecule has 1 saturated heterocycles. The van der Waals surface area contributed by atoms with E-state index in [1.807, 2.05) is 30.2 Å². The Labute approximate surface area is 170 Å². The van der Waals surface area contributed by atoms with Gasteiger partial charge in [0.15, 0.2) is 0 Å². The lowest BCUT2D eigenvalue weighted by molar-refractivity contribution is -0.00200. The van der Waals surface area contributed by atoms with E-state index in [9.17, 15) is 4.79 Å². The molecule has 4 nitrogen and oxygen atoms in total. The number of carbonyl (C=O) groups excluding carboxylic acids is 1. The van der Waals surface area contributed by atoms with E-state index in [0.29, 0.717) is 16.7 Å². The van der Waals surface area contributed by atoms with Crippen LogP contribution in [0.4, 0.5) is 0 Å². The van der Waals surface area contributed by atoms with Crippen LogP contribution in [0, 0.1) is 19.3 Å². The van der Waals surface area contributed by atoms with E-state index in [0.717, 1.165) is 39.2 Å². The maximum atomic E-state index is 13.2. The van der Waals surface area contributed by atoms with Crippen LogP contribution in [0.25, 0.3) is 0 Å². The SMILES string of the molecule is CCCC1(CC)CN(C(=O)c2cc(Sc3cnc(C)s3)c(C)cc2OC)C1. The highest BCUT2D eigenvalue weighted by Gasteiger charge is 2.43. The quantitative estimate of drug-likeness (QED) is 0.605. The highest BCUT2D eigenvalue weighted by atomic mass is 32.2. The fourth-order valence-corrected chi connectivity index (χ4v) is 5.79. The van der Waals surface area contributed by atoms with Crippen molar-refractivity contribution >= 4 is 29.0 Å². The third kappa shape index (κ3) is 4.16. The molecule has 0 radical (unpaired) electrons. The maximum absolute atomic E-state index is 13.2. The molecule has 0 saturated carbocycles. The van der Waals surface area contributed by atoms with Crippen LogP contribution in [0.5, 0.6) is 5.75 Å². The first-order chi connectivity index (χ1) is 12.9. The van der Waals surface area contributed by atoms with E-state index in [-0.39, 0.29) is 5.91 Å². The second kappa shape index (κ2) is 8.23. The Kier molecular flexibility index (Phi) is 6.16. The van der Waals surface area contributed by atoms with Crippen molar-refractivity contribution in [3.8, 4) is 5.75 Å². The van der Waals surface area contributed by atoms with Crippen molar-refractivity contribution in [2.75, 3.05) is 20.2 Å². The number of amides is 1. The minimum absolute atomic E-state index is 0.0781. The molecule has 27 heavy (non-hydrogen) atoms. The van der Waals surface area contributed by atoms with E-state index < -0.39 is 0 Å². The summed E-state index contributed by atoms with van der Waals surface area (Å²) < 4.78 is 6.67. The number of hydrogen-bond donors (Lipinski definition) is 0. The zero-order valence-electron chi connectivity index (χ0n) is 16.8. The van der Waals surface area contributed by atoms with E-state index in [4.69, 9.17) is 4.74 Å². The molecule has 6 heteroatoms. The third-order valence-corrected chi connectivity index (χ3v) is 7.58. The Bertz CT molecular complexity index is 826. The Balaban J connectivity index is 1.83.